The number of piperidine rings is 1. The summed E-state index contributed by atoms with van der Waals surface area (Å²) < 4.78 is 10.6. The van der Waals surface area contributed by atoms with Gasteiger partial charge in [-0.1, -0.05) is 5.16 Å². The molecule has 1 aliphatic heterocycles. The number of nitrogens with one attached hydrogen (secondary N) is 1. The first-order valence-corrected chi connectivity index (χ1v) is 8.35. The molecule has 7 heteroatoms. The zero-order valence-electron chi connectivity index (χ0n) is 14.6. The van der Waals surface area contributed by atoms with Crippen molar-refractivity contribution in [2.75, 3.05) is 19.6 Å². The van der Waals surface area contributed by atoms with Crippen molar-refractivity contribution in [2.24, 2.45) is 0 Å². The standard InChI is InChI=1S/C16H28N4O3/c1-12-18-14(23-19-12)8-9-17-11-13-7-5-6-10-20(13)15(21)22-16(2,3)4/h13,17H,5-11H2,1-4H3. The van der Waals surface area contributed by atoms with Crippen molar-refractivity contribution in [3.05, 3.63) is 11.7 Å². The van der Waals surface area contributed by atoms with E-state index in [-0.39, 0.29) is 12.1 Å². The Labute approximate surface area is 137 Å². The van der Waals surface area contributed by atoms with Crippen LogP contribution in [0.15, 0.2) is 4.52 Å². The predicted molar refractivity (Wildman–Crippen MR) is 86.2 cm³/mol. The number of carbonyl (C=O) groups excluding carboxylic acids is 1. The van der Waals surface area contributed by atoms with Crippen LogP contribution in [0, 0.1) is 6.92 Å². The Balaban J connectivity index is 1.78. The molecule has 1 aromatic rings. The van der Waals surface area contributed by atoms with Crippen molar-refractivity contribution in [3.63, 3.8) is 0 Å². The quantitative estimate of drug-likeness (QED) is 0.837. The van der Waals surface area contributed by atoms with E-state index in [1.165, 1.54) is 0 Å². The Bertz CT molecular complexity index is 510. The van der Waals surface area contributed by atoms with E-state index in [2.05, 4.69) is 15.5 Å². The fourth-order valence-corrected chi connectivity index (χ4v) is 2.68. The third-order valence-electron chi connectivity index (χ3n) is 3.72. The van der Waals surface area contributed by atoms with E-state index in [9.17, 15) is 4.79 Å². The van der Waals surface area contributed by atoms with E-state index < -0.39 is 5.60 Å². The number of aryl methyl sites for hydroxylation is 1. The molecule has 1 amide bonds. The van der Waals surface area contributed by atoms with Crippen LogP contribution in [0.4, 0.5) is 4.79 Å². The summed E-state index contributed by atoms with van der Waals surface area (Å²) in [6, 6.07) is 0.183. The lowest BCUT2D eigenvalue weighted by Crippen LogP contribution is -2.50. The molecule has 0 bridgehead atoms. The Morgan fingerprint density at radius 3 is 2.87 bits per heavy atom. The molecule has 2 rings (SSSR count). The van der Waals surface area contributed by atoms with E-state index in [1.807, 2.05) is 25.7 Å². The van der Waals surface area contributed by atoms with Gasteiger partial charge in [-0.05, 0) is 47.0 Å². The molecule has 0 saturated carbocycles. The van der Waals surface area contributed by atoms with E-state index in [4.69, 9.17) is 9.26 Å². The minimum atomic E-state index is -0.456. The summed E-state index contributed by atoms with van der Waals surface area (Å²) in [6.45, 7) is 9.77. The van der Waals surface area contributed by atoms with Crippen LogP contribution >= 0.6 is 0 Å². The number of carbonyl (C=O) groups is 1. The largest absolute Gasteiger partial charge is 0.444 e. The highest BCUT2D eigenvalue weighted by Crippen LogP contribution is 2.20. The molecule has 1 unspecified atom stereocenters. The lowest BCUT2D eigenvalue weighted by Gasteiger charge is -2.36. The summed E-state index contributed by atoms with van der Waals surface area (Å²) in [4.78, 5) is 18.4. The lowest BCUT2D eigenvalue weighted by molar-refractivity contribution is 0.00997. The first-order chi connectivity index (χ1) is 10.8. The summed E-state index contributed by atoms with van der Waals surface area (Å²) in [5.41, 5.74) is -0.456. The molecule has 0 spiro atoms. The molecule has 2 heterocycles. The molecule has 1 atom stereocenters. The number of nitrogens with zero attached hydrogens (tertiary/aromatic N) is 3. The second kappa shape index (κ2) is 7.77. The Morgan fingerprint density at radius 1 is 1.43 bits per heavy atom. The number of rotatable bonds is 5. The SMILES string of the molecule is Cc1noc(CCNCC2CCCCN2C(=O)OC(C)(C)C)n1. The van der Waals surface area contributed by atoms with Gasteiger partial charge in [0.25, 0.3) is 0 Å². The third-order valence-corrected chi connectivity index (χ3v) is 3.72. The van der Waals surface area contributed by atoms with E-state index in [1.54, 1.807) is 6.92 Å². The zero-order chi connectivity index (χ0) is 16.9. The van der Waals surface area contributed by atoms with E-state index in [0.717, 1.165) is 38.9 Å². The summed E-state index contributed by atoms with van der Waals surface area (Å²) in [5.74, 6) is 1.30. The van der Waals surface area contributed by atoms with Gasteiger partial charge < -0.3 is 19.5 Å². The van der Waals surface area contributed by atoms with Crippen molar-refractivity contribution >= 4 is 6.09 Å². The summed E-state index contributed by atoms with van der Waals surface area (Å²) in [5, 5.41) is 7.15. The number of likely N-dealkylation sites (tertiary alicyclic amines) is 1. The highest BCUT2D eigenvalue weighted by molar-refractivity contribution is 5.68. The van der Waals surface area contributed by atoms with Gasteiger partial charge >= 0.3 is 6.09 Å². The van der Waals surface area contributed by atoms with Gasteiger partial charge in [0.05, 0.1) is 0 Å². The molecular formula is C16H28N4O3. The molecule has 7 nitrogen and oxygen atoms in total. The minimum absolute atomic E-state index is 0.183. The molecule has 1 aromatic heterocycles. The van der Waals surface area contributed by atoms with Gasteiger partial charge in [-0.2, -0.15) is 4.98 Å². The molecule has 0 radical (unpaired) electrons. The average Bonchev–Trinajstić information content (AvgIpc) is 2.88. The average molecular weight is 324 g/mol. The maximum atomic E-state index is 12.3. The normalized spacial score (nSPS) is 19.0. The summed E-state index contributed by atoms with van der Waals surface area (Å²) in [6.07, 6.45) is 3.67. The molecular weight excluding hydrogens is 296 g/mol. The van der Waals surface area contributed by atoms with Gasteiger partial charge in [-0.25, -0.2) is 4.79 Å². The fourth-order valence-electron chi connectivity index (χ4n) is 2.68. The smallest absolute Gasteiger partial charge is 0.410 e. The lowest BCUT2D eigenvalue weighted by atomic mass is 10.0. The van der Waals surface area contributed by atoms with Crippen LogP contribution in [0.2, 0.25) is 0 Å². The number of hydrogen-bond acceptors (Lipinski definition) is 6. The van der Waals surface area contributed by atoms with Gasteiger partial charge in [-0.3, -0.25) is 0 Å². The zero-order valence-corrected chi connectivity index (χ0v) is 14.6. The van der Waals surface area contributed by atoms with Crippen molar-refractivity contribution in [3.8, 4) is 0 Å². The maximum absolute atomic E-state index is 12.3. The molecule has 1 saturated heterocycles. The highest BCUT2D eigenvalue weighted by Gasteiger charge is 2.30. The first kappa shape index (κ1) is 17.7. The van der Waals surface area contributed by atoms with Gasteiger partial charge in [0.15, 0.2) is 5.82 Å². The van der Waals surface area contributed by atoms with E-state index in [0.29, 0.717) is 18.1 Å². The number of hydrogen-bond donors (Lipinski definition) is 1. The van der Waals surface area contributed by atoms with Crippen molar-refractivity contribution in [1.82, 2.24) is 20.4 Å². The fraction of sp³-hybridized carbons (Fsp3) is 0.812. The van der Waals surface area contributed by atoms with Crippen LogP contribution in [0.5, 0.6) is 0 Å². The van der Waals surface area contributed by atoms with Crippen LogP contribution in [0.1, 0.15) is 51.7 Å². The molecule has 1 aliphatic rings. The highest BCUT2D eigenvalue weighted by atomic mass is 16.6. The van der Waals surface area contributed by atoms with Crippen molar-refractivity contribution in [1.29, 1.82) is 0 Å². The molecule has 1 fully saturated rings. The van der Waals surface area contributed by atoms with Crippen LogP contribution in [-0.4, -0.2) is 52.4 Å². The second-order valence-corrected chi connectivity index (χ2v) is 7.01. The summed E-state index contributed by atoms with van der Waals surface area (Å²) >= 11 is 0. The third kappa shape index (κ3) is 5.82. The second-order valence-electron chi connectivity index (χ2n) is 7.01. The molecule has 0 aliphatic carbocycles. The van der Waals surface area contributed by atoms with Crippen LogP contribution in [0.25, 0.3) is 0 Å². The van der Waals surface area contributed by atoms with Crippen molar-refractivity contribution < 1.29 is 14.1 Å². The van der Waals surface area contributed by atoms with Crippen LogP contribution in [-0.2, 0) is 11.2 Å². The van der Waals surface area contributed by atoms with Gasteiger partial charge in [0.1, 0.15) is 5.60 Å². The number of aromatic nitrogens is 2. The minimum Gasteiger partial charge on any atom is -0.444 e. The number of ether oxygens (including phenoxy) is 1. The Kier molecular flexibility index (Phi) is 5.98. The maximum Gasteiger partial charge on any atom is 0.410 e. The Hall–Kier alpha value is -1.63. The van der Waals surface area contributed by atoms with E-state index >= 15 is 0 Å². The van der Waals surface area contributed by atoms with Gasteiger partial charge in [0.2, 0.25) is 5.89 Å². The Morgan fingerprint density at radius 2 is 2.22 bits per heavy atom. The monoisotopic (exact) mass is 324 g/mol. The number of amides is 1. The molecule has 1 N–H and O–H groups in total. The van der Waals surface area contributed by atoms with Crippen LogP contribution < -0.4 is 5.32 Å². The predicted octanol–water partition coefficient (Wildman–Crippen LogP) is 2.30. The van der Waals surface area contributed by atoms with Crippen molar-refractivity contribution in [2.45, 2.75) is 65.0 Å². The molecule has 130 valence electrons. The van der Waals surface area contributed by atoms with Gasteiger partial charge in [-0.15, -0.1) is 0 Å². The van der Waals surface area contributed by atoms with Crippen LogP contribution in [0.3, 0.4) is 0 Å². The molecule has 0 aromatic carbocycles. The molecule has 23 heavy (non-hydrogen) atoms. The first-order valence-electron chi connectivity index (χ1n) is 8.35. The summed E-state index contributed by atoms with van der Waals surface area (Å²) in [7, 11) is 0. The topological polar surface area (TPSA) is 80.5 Å². The van der Waals surface area contributed by atoms with Gasteiger partial charge in [0, 0.05) is 32.1 Å².